The molecule has 0 saturated heterocycles. The molecule has 5 atom stereocenters. The average Bonchev–Trinajstić information content (AvgIpc) is 3.41. The molecule has 80 heavy (non-hydrogen) atoms. The zero-order valence-electron chi connectivity index (χ0n) is 47.1. The largest absolute Gasteiger partial charge is 0.481 e. The molecular formula is C54H95N5O21. The quantitative estimate of drug-likeness (QED) is 0.0309. The molecule has 26 nitrogen and oxygen atoms in total. The molecule has 0 aliphatic carbocycles. The predicted octanol–water partition coefficient (Wildman–Crippen LogP) is 2.66. The average molecular weight is 1150 g/mol. The number of Topliss-reactive ketones (excluding diaryl/α,β-unsaturated/α-hetero) is 2. The summed E-state index contributed by atoms with van der Waals surface area (Å²) in [7, 11) is 0. The number of nitrogens with two attached hydrogens (primary N) is 1. The molecule has 0 radical (unpaired) electrons. The maximum Gasteiger partial charge on any atom is 0.335 e. The Morgan fingerprint density at radius 3 is 1.61 bits per heavy atom. The number of carboxylic acids is 4. The molecule has 0 aliphatic heterocycles. The summed E-state index contributed by atoms with van der Waals surface area (Å²) < 4.78 is 32.0. The summed E-state index contributed by atoms with van der Waals surface area (Å²) in [4.78, 5) is 119. The highest BCUT2D eigenvalue weighted by Crippen LogP contribution is 2.16. The van der Waals surface area contributed by atoms with Crippen LogP contribution < -0.4 is 27.0 Å². The van der Waals surface area contributed by atoms with E-state index in [0.717, 1.165) is 44.9 Å². The zero-order valence-corrected chi connectivity index (χ0v) is 47.1. The van der Waals surface area contributed by atoms with Crippen LogP contribution in [-0.4, -0.2) is 195 Å². The van der Waals surface area contributed by atoms with Crippen LogP contribution in [0.3, 0.4) is 0 Å². The molecule has 0 rings (SSSR count). The molecule has 1 unspecified atom stereocenters. The maximum atomic E-state index is 12.5. The number of nitrogens with one attached hydrogen (secondary N) is 4. The molecule has 26 heteroatoms. The van der Waals surface area contributed by atoms with E-state index in [0.29, 0.717) is 38.8 Å². The van der Waals surface area contributed by atoms with E-state index in [4.69, 9.17) is 44.4 Å². The van der Waals surface area contributed by atoms with Gasteiger partial charge in [0.25, 0.3) is 0 Å². The van der Waals surface area contributed by atoms with Crippen molar-refractivity contribution < 1.29 is 102 Å². The fraction of sp³-hybridized carbons (Fsp3) is 0.815. The van der Waals surface area contributed by atoms with Crippen LogP contribution in [0.1, 0.15) is 161 Å². The van der Waals surface area contributed by atoms with Gasteiger partial charge in [-0.15, -0.1) is 0 Å². The van der Waals surface area contributed by atoms with Gasteiger partial charge in [-0.2, -0.15) is 0 Å². The van der Waals surface area contributed by atoms with Gasteiger partial charge < -0.3 is 81.0 Å². The number of ketones is 2. The Bertz CT molecular complexity index is 1760. The van der Waals surface area contributed by atoms with Gasteiger partial charge in [-0.25, -0.2) is 9.59 Å². The van der Waals surface area contributed by atoms with Gasteiger partial charge in [-0.3, -0.25) is 38.4 Å². The number of hydrogen-bond acceptors (Lipinski definition) is 18. The van der Waals surface area contributed by atoms with Crippen LogP contribution in [0.25, 0.3) is 0 Å². The summed E-state index contributed by atoms with van der Waals surface area (Å²) in [5.74, 6) is -9.20. The monoisotopic (exact) mass is 1150 g/mol. The van der Waals surface area contributed by atoms with Crippen molar-refractivity contribution in [3.8, 4) is 0 Å². The Hall–Kier alpha value is -5.22. The normalized spacial score (nSPS) is 13.1. The van der Waals surface area contributed by atoms with Crippen LogP contribution in [0.4, 0.5) is 0 Å². The van der Waals surface area contributed by atoms with Gasteiger partial charge in [-0.1, -0.05) is 90.4 Å². The fourth-order valence-electron chi connectivity index (χ4n) is 7.97. The number of ether oxygens (including phenoxy) is 6. The summed E-state index contributed by atoms with van der Waals surface area (Å²) in [6.45, 7) is 0.842. The molecule has 462 valence electrons. The van der Waals surface area contributed by atoms with E-state index >= 15 is 0 Å². The van der Waals surface area contributed by atoms with Crippen molar-refractivity contribution in [3.63, 3.8) is 0 Å². The molecule has 0 aromatic heterocycles. The van der Waals surface area contributed by atoms with Crippen LogP contribution in [0.2, 0.25) is 0 Å². The first kappa shape index (κ1) is 74.8. The lowest BCUT2D eigenvalue weighted by atomic mass is 9.95. The number of hydrogen-bond donors (Lipinski definition) is 10. The number of aliphatic hydroxyl groups excluding tert-OH is 1. The lowest BCUT2D eigenvalue weighted by Crippen LogP contribution is -2.47. The minimum absolute atomic E-state index is 0.0144. The van der Waals surface area contributed by atoms with Gasteiger partial charge in [0.15, 0.2) is 17.7 Å². The first-order chi connectivity index (χ1) is 38.4. The second-order valence-electron chi connectivity index (χ2n) is 19.5. The van der Waals surface area contributed by atoms with Gasteiger partial charge in [0.1, 0.15) is 38.6 Å². The lowest BCUT2D eigenvalue weighted by molar-refractivity contribution is -0.156. The Labute approximate surface area is 470 Å². The van der Waals surface area contributed by atoms with E-state index in [1.807, 2.05) is 6.92 Å². The molecule has 0 aliphatic rings. The second kappa shape index (κ2) is 50.7. The van der Waals surface area contributed by atoms with Crippen LogP contribution in [-0.2, 0) is 76.4 Å². The summed E-state index contributed by atoms with van der Waals surface area (Å²) >= 11 is 0. The molecule has 0 bridgehead atoms. The van der Waals surface area contributed by atoms with E-state index in [1.165, 1.54) is 44.9 Å². The lowest BCUT2D eigenvalue weighted by Gasteiger charge is -2.17. The first-order valence-electron chi connectivity index (χ1n) is 28.3. The SMILES string of the molecule is CC[C@@H](CCCCNC(=O)CC[C@H](NC(=O)CC[C@H](CC(=O)COCCOCCNC(=O)COCCOCC(N)NC(=O)CO[C@H](COCCCCCCCCCCCCCCCCC(=O)O)C(=O)O)C(=O)O)C(=O)O)C(=O)CO. The highest BCUT2D eigenvalue weighted by Gasteiger charge is 2.26. The van der Waals surface area contributed by atoms with Gasteiger partial charge in [-0.05, 0) is 44.9 Å². The van der Waals surface area contributed by atoms with Crippen molar-refractivity contribution in [2.75, 3.05) is 92.4 Å². The van der Waals surface area contributed by atoms with Crippen molar-refractivity contribution in [1.82, 2.24) is 21.3 Å². The van der Waals surface area contributed by atoms with E-state index in [-0.39, 0.29) is 103 Å². The minimum Gasteiger partial charge on any atom is -0.481 e. The van der Waals surface area contributed by atoms with Gasteiger partial charge in [0, 0.05) is 51.3 Å². The molecule has 0 heterocycles. The first-order valence-corrected chi connectivity index (χ1v) is 28.3. The summed E-state index contributed by atoms with van der Waals surface area (Å²) in [6, 6.07) is -1.40. The maximum absolute atomic E-state index is 12.5. The highest BCUT2D eigenvalue weighted by atomic mass is 16.6. The summed E-state index contributed by atoms with van der Waals surface area (Å²) in [6.07, 6.45) is 14.2. The van der Waals surface area contributed by atoms with E-state index < -0.39 is 104 Å². The Morgan fingerprint density at radius 2 is 1.02 bits per heavy atom. The van der Waals surface area contributed by atoms with Crippen LogP contribution in [0.5, 0.6) is 0 Å². The van der Waals surface area contributed by atoms with Gasteiger partial charge in [0.05, 0.1) is 52.2 Å². The third-order valence-electron chi connectivity index (χ3n) is 12.6. The van der Waals surface area contributed by atoms with E-state index in [2.05, 4.69) is 21.3 Å². The summed E-state index contributed by atoms with van der Waals surface area (Å²) in [5.41, 5.74) is 5.87. The van der Waals surface area contributed by atoms with E-state index in [1.54, 1.807) is 0 Å². The van der Waals surface area contributed by atoms with Crippen molar-refractivity contribution >= 4 is 59.1 Å². The molecule has 0 fully saturated rings. The number of carbonyl (C=O) groups is 10. The Kier molecular flexibility index (Phi) is 47.4. The number of aliphatic hydroxyl groups is 1. The molecule has 0 saturated carbocycles. The highest BCUT2D eigenvalue weighted by molar-refractivity contribution is 5.87. The Morgan fingerprint density at radius 1 is 0.463 bits per heavy atom. The molecule has 11 N–H and O–H groups in total. The number of carboxylic acid groups (broad SMARTS) is 4. The number of carbonyl (C=O) groups excluding carboxylic acids is 6. The van der Waals surface area contributed by atoms with Crippen molar-refractivity contribution in [1.29, 1.82) is 0 Å². The number of amides is 4. The number of unbranched alkanes of at least 4 members (excludes halogenated alkanes) is 14. The van der Waals surface area contributed by atoms with Gasteiger partial charge >= 0.3 is 23.9 Å². The number of rotatable bonds is 58. The predicted molar refractivity (Wildman–Crippen MR) is 289 cm³/mol. The zero-order chi connectivity index (χ0) is 59.6. The van der Waals surface area contributed by atoms with Gasteiger partial charge in [0.2, 0.25) is 23.6 Å². The third kappa shape index (κ3) is 45.5. The van der Waals surface area contributed by atoms with Crippen molar-refractivity contribution in [2.45, 2.75) is 179 Å². The molecule has 4 amide bonds. The summed E-state index contributed by atoms with van der Waals surface area (Å²) in [5, 5.41) is 56.3. The Balaban J connectivity index is 3.99. The third-order valence-corrected chi connectivity index (χ3v) is 12.6. The molecular weight excluding hydrogens is 1050 g/mol. The molecule has 0 aromatic rings. The number of aliphatic carboxylic acids is 4. The van der Waals surface area contributed by atoms with Crippen molar-refractivity contribution in [2.24, 2.45) is 17.6 Å². The molecule has 0 aromatic carbocycles. The molecule has 0 spiro atoms. The van der Waals surface area contributed by atoms with Crippen LogP contribution >= 0.6 is 0 Å². The smallest absolute Gasteiger partial charge is 0.335 e. The minimum atomic E-state index is -1.40. The standard InChI is InChI=1S/C54H95N5O21/c1-2-40(44(62)34-60)19-16-17-25-56-47(63)24-22-43(53(71)72)58-48(64)23-21-41(52(69)70)33-42(61)35-77-30-29-75-28-26-57-49(65)38-79-32-31-78-37-46(55)59-50(66)39-80-45(54(73)74)36-76-27-18-14-12-10-8-6-4-3-5-7-9-11-13-15-20-51(67)68/h40-41,43,45-46,60H,2-39,55H2,1H3,(H,56,63)(H,57,65)(H,58,64)(H,59,66)(H,67,68)(H,69,70)(H,71,72)(H,73,74)/t40-,41+,43-,45+,46?/m0/s1. The van der Waals surface area contributed by atoms with E-state index in [9.17, 15) is 63.3 Å². The van der Waals surface area contributed by atoms with Crippen molar-refractivity contribution in [3.05, 3.63) is 0 Å². The second-order valence-corrected chi connectivity index (χ2v) is 19.5. The fourth-order valence-corrected chi connectivity index (χ4v) is 7.97. The van der Waals surface area contributed by atoms with Crippen LogP contribution in [0.15, 0.2) is 0 Å². The van der Waals surface area contributed by atoms with Crippen LogP contribution in [0, 0.1) is 11.8 Å². The topological polar surface area (TPSA) is 401 Å².